The molecule has 3 aromatic rings. The number of fused-ring (bicyclic) bond motifs is 1. The van der Waals surface area contributed by atoms with Gasteiger partial charge in [-0.3, -0.25) is 4.79 Å². The van der Waals surface area contributed by atoms with Crippen LogP contribution in [0.4, 0.5) is 5.00 Å². The average molecular weight is 525 g/mol. The molecule has 2 heterocycles. The van der Waals surface area contributed by atoms with Gasteiger partial charge in [-0.15, -0.1) is 28.1 Å². The number of rotatable bonds is 11. The predicted molar refractivity (Wildman–Crippen MR) is 145 cm³/mol. The zero-order valence-electron chi connectivity index (χ0n) is 20.8. The van der Waals surface area contributed by atoms with Gasteiger partial charge >= 0.3 is 5.97 Å². The SMILES string of the molecule is C=CCn1c(CCc2ccccc2)nnc1SCC(=O)Nc1sc2c(c1C(=O)OC(C)C)CCCC2. The van der Waals surface area contributed by atoms with Crippen molar-refractivity contribution in [1.82, 2.24) is 14.8 Å². The standard InChI is InChI=1S/C27H32N4O3S2/c1-4-16-31-22(15-14-19-10-6-5-7-11-19)29-30-27(31)35-17-23(32)28-25-24(26(33)34-18(2)3)20-12-8-9-13-21(20)36-25/h4-7,10-11,18H,1,8-9,12-17H2,2-3H3,(H,28,32). The van der Waals surface area contributed by atoms with Gasteiger partial charge in [-0.2, -0.15) is 0 Å². The molecule has 1 aliphatic rings. The van der Waals surface area contributed by atoms with Crippen molar-refractivity contribution in [2.75, 3.05) is 11.1 Å². The summed E-state index contributed by atoms with van der Waals surface area (Å²) in [6.07, 6.45) is 7.12. The third kappa shape index (κ3) is 6.44. The van der Waals surface area contributed by atoms with E-state index < -0.39 is 0 Å². The summed E-state index contributed by atoms with van der Waals surface area (Å²) >= 11 is 2.83. The first-order valence-electron chi connectivity index (χ1n) is 12.3. The number of thioether (sulfide) groups is 1. The van der Waals surface area contributed by atoms with Gasteiger partial charge in [-0.1, -0.05) is 48.2 Å². The number of benzene rings is 1. The van der Waals surface area contributed by atoms with Gasteiger partial charge < -0.3 is 14.6 Å². The van der Waals surface area contributed by atoms with Crippen molar-refractivity contribution in [2.24, 2.45) is 0 Å². The number of allylic oxidation sites excluding steroid dienone is 1. The molecule has 4 rings (SSSR count). The number of esters is 1. The first-order chi connectivity index (χ1) is 17.5. The van der Waals surface area contributed by atoms with Crippen LogP contribution in [-0.4, -0.2) is 38.5 Å². The van der Waals surface area contributed by atoms with E-state index in [1.165, 1.54) is 33.5 Å². The fourth-order valence-corrected chi connectivity index (χ4v) is 6.32. The maximum absolute atomic E-state index is 12.9. The van der Waals surface area contributed by atoms with E-state index in [0.717, 1.165) is 49.9 Å². The van der Waals surface area contributed by atoms with Crippen molar-refractivity contribution < 1.29 is 14.3 Å². The van der Waals surface area contributed by atoms with Gasteiger partial charge in [0.25, 0.3) is 0 Å². The third-order valence-corrected chi connectivity index (χ3v) is 8.06. The molecule has 0 atom stereocenters. The van der Waals surface area contributed by atoms with E-state index in [2.05, 4.69) is 34.2 Å². The van der Waals surface area contributed by atoms with Crippen LogP contribution in [0.2, 0.25) is 0 Å². The Bertz CT molecular complexity index is 1220. The number of nitrogens with zero attached hydrogens (tertiary/aromatic N) is 3. The molecule has 0 saturated heterocycles. The Kier molecular flexibility index (Phi) is 8.98. The summed E-state index contributed by atoms with van der Waals surface area (Å²) < 4.78 is 7.50. The van der Waals surface area contributed by atoms with Crippen LogP contribution in [-0.2, 0) is 41.8 Å². The number of carbonyl (C=O) groups excluding carboxylic acids is 2. The number of hydrogen-bond acceptors (Lipinski definition) is 7. The minimum absolute atomic E-state index is 0.162. The van der Waals surface area contributed by atoms with Crippen molar-refractivity contribution in [1.29, 1.82) is 0 Å². The molecule has 0 unspecified atom stereocenters. The molecule has 0 saturated carbocycles. The average Bonchev–Trinajstić information content (AvgIpc) is 3.42. The molecule has 1 amide bonds. The van der Waals surface area contributed by atoms with Crippen LogP contribution in [0.25, 0.3) is 0 Å². The number of ether oxygens (including phenoxy) is 1. The first kappa shape index (κ1) is 26.2. The van der Waals surface area contributed by atoms with Gasteiger partial charge in [0, 0.05) is 17.8 Å². The number of anilines is 1. The summed E-state index contributed by atoms with van der Waals surface area (Å²) in [4.78, 5) is 27.0. The number of amides is 1. The van der Waals surface area contributed by atoms with E-state index in [-0.39, 0.29) is 23.7 Å². The van der Waals surface area contributed by atoms with Gasteiger partial charge in [0.15, 0.2) is 5.16 Å². The molecule has 0 spiro atoms. The summed E-state index contributed by atoms with van der Waals surface area (Å²) in [5.74, 6) is 0.485. The zero-order chi connectivity index (χ0) is 25.5. The molecule has 1 N–H and O–H groups in total. The molecular weight excluding hydrogens is 492 g/mol. The summed E-state index contributed by atoms with van der Waals surface area (Å²) in [6.45, 7) is 8.10. The number of nitrogens with one attached hydrogen (secondary N) is 1. The molecule has 2 aromatic heterocycles. The molecule has 0 bridgehead atoms. The lowest BCUT2D eigenvalue weighted by Gasteiger charge is -2.14. The number of thiophene rings is 1. The fraction of sp³-hybridized carbons (Fsp3) is 0.407. The van der Waals surface area contributed by atoms with Gasteiger partial charge in [0.1, 0.15) is 10.8 Å². The molecular formula is C27H32N4O3S2. The van der Waals surface area contributed by atoms with Crippen molar-refractivity contribution in [3.63, 3.8) is 0 Å². The molecule has 0 radical (unpaired) electrons. The summed E-state index contributed by atoms with van der Waals surface area (Å²) in [5.41, 5.74) is 2.80. The fourth-order valence-electron chi connectivity index (χ4n) is 4.26. The second-order valence-electron chi connectivity index (χ2n) is 8.99. The van der Waals surface area contributed by atoms with Crippen molar-refractivity contribution in [3.8, 4) is 0 Å². The lowest BCUT2D eigenvalue weighted by molar-refractivity contribution is -0.113. The molecule has 36 heavy (non-hydrogen) atoms. The number of aryl methyl sites for hydroxylation is 3. The van der Waals surface area contributed by atoms with Crippen LogP contribution in [0.15, 0.2) is 48.1 Å². The van der Waals surface area contributed by atoms with Gasteiger partial charge in [0.2, 0.25) is 5.91 Å². The number of hydrogen-bond donors (Lipinski definition) is 1. The van der Waals surface area contributed by atoms with Crippen molar-refractivity contribution in [3.05, 3.63) is 70.4 Å². The minimum Gasteiger partial charge on any atom is -0.459 e. The highest BCUT2D eigenvalue weighted by Gasteiger charge is 2.28. The third-order valence-electron chi connectivity index (χ3n) is 5.89. The Morgan fingerprint density at radius 3 is 2.72 bits per heavy atom. The van der Waals surface area contributed by atoms with Crippen LogP contribution in [0.1, 0.15) is 58.9 Å². The highest BCUT2D eigenvalue weighted by Crippen LogP contribution is 2.39. The minimum atomic E-state index is -0.360. The summed E-state index contributed by atoms with van der Waals surface area (Å²) in [6, 6.07) is 10.3. The van der Waals surface area contributed by atoms with E-state index in [0.29, 0.717) is 22.3 Å². The normalized spacial score (nSPS) is 12.9. The lowest BCUT2D eigenvalue weighted by atomic mass is 9.95. The van der Waals surface area contributed by atoms with Crippen molar-refractivity contribution >= 4 is 40.0 Å². The monoisotopic (exact) mass is 524 g/mol. The van der Waals surface area contributed by atoms with Crippen LogP contribution < -0.4 is 5.32 Å². The highest BCUT2D eigenvalue weighted by molar-refractivity contribution is 7.99. The Hall–Kier alpha value is -2.91. The topological polar surface area (TPSA) is 86.1 Å². The van der Waals surface area contributed by atoms with Gasteiger partial charge in [-0.25, -0.2) is 4.79 Å². The molecule has 190 valence electrons. The molecule has 0 aliphatic heterocycles. The quantitative estimate of drug-likeness (QED) is 0.203. The maximum Gasteiger partial charge on any atom is 0.341 e. The predicted octanol–water partition coefficient (Wildman–Crippen LogP) is 5.49. The largest absolute Gasteiger partial charge is 0.459 e. The summed E-state index contributed by atoms with van der Waals surface area (Å²) in [7, 11) is 0. The van der Waals surface area contributed by atoms with E-state index in [4.69, 9.17) is 4.74 Å². The van der Waals surface area contributed by atoms with Crippen LogP contribution >= 0.6 is 23.1 Å². The van der Waals surface area contributed by atoms with Gasteiger partial charge in [-0.05, 0) is 57.1 Å². The molecule has 7 nitrogen and oxygen atoms in total. The van der Waals surface area contributed by atoms with E-state index >= 15 is 0 Å². The van der Waals surface area contributed by atoms with Crippen LogP contribution in [0, 0.1) is 0 Å². The summed E-state index contributed by atoms with van der Waals surface area (Å²) in [5, 5.41) is 13.0. The van der Waals surface area contributed by atoms with Crippen LogP contribution in [0.3, 0.4) is 0 Å². The molecule has 0 fully saturated rings. The smallest absolute Gasteiger partial charge is 0.341 e. The van der Waals surface area contributed by atoms with Gasteiger partial charge in [0.05, 0.1) is 17.4 Å². The highest BCUT2D eigenvalue weighted by atomic mass is 32.2. The molecule has 1 aliphatic carbocycles. The number of carbonyl (C=O) groups is 2. The molecule has 9 heteroatoms. The lowest BCUT2D eigenvalue weighted by Crippen LogP contribution is -2.19. The maximum atomic E-state index is 12.9. The first-order valence-corrected chi connectivity index (χ1v) is 14.1. The Morgan fingerprint density at radius 1 is 1.19 bits per heavy atom. The van der Waals surface area contributed by atoms with Crippen LogP contribution in [0.5, 0.6) is 0 Å². The molecule has 1 aromatic carbocycles. The number of aromatic nitrogens is 3. The Morgan fingerprint density at radius 2 is 1.97 bits per heavy atom. The zero-order valence-corrected chi connectivity index (χ0v) is 22.4. The second-order valence-corrected chi connectivity index (χ2v) is 11.0. The Labute approximate surface area is 220 Å². The van der Waals surface area contributed by atoms with E-state index in [1.54, 1.807) is 0 Å². The second kappa shape index (κ2) is 12.4. The Balaban J connectivity index is 1.43. The van der Waals surface area contributed by atoms with Crippen molar-refractivity contribution in [2.45, 2.75) is 70.2 Å². The van der Waals surface area contributed by atoms with E-state index in [9.17, 15) is 9.59 Å². The van der Waals surface area contributed by atoms with E-state index in [1.807, 2.05) is 42.7 Å².